The van der Waals surface area contributed by atoms with Crippen molar-refractivity contribution in [3.63, 3.8) is 0 Å². The Morgan fingerprint density at radius 1 is 1.14 bits per heavy atom. The number of esters is 1. The molecule has 150 valence electrons. The fourth-order valence-corrected chi connectivity index (χ4v) is 4.77. The van der Waals surface area contributed by atoms with Gasteiger partial charge in [-0.3, -0.25) is 4.79 Å². The first-order valence-electron chi connectivity index (χ1n) is 9.96. The highest BCUT2D eigenvalue weighted by Gasteiger charge is 2.29. The number of likely N-dealkylation sites (tertiary alicyclic amines) is 1. The number of amides is 1. The number of rotatable bonds is 4. The third-order valence-corrected chi connectivity index (χ3v) is 6.41. The Bertz CT molecular complexity index is 1020. The zero-order chi connectivity index (χ0) is 20.4. The Morgan fingerprint density at radius 3 is 2.62 bits per heavy atom. The van der Waals surface area contributed by atoms with Crippen LogP contribution in [-0.4, -0.2) is 40.5 Å². The van der Waals surface area contributed by atoms with Gasteiger partial charge in [-0.1, -0.05) is 24.3 Å². The summed E-state index contributed by atoms with van der Waals surface area (Å²) in [6.07, 6.45) is 3.10. The number of fused-ring (bicyclic) bond motifs is 1. The zero-order valence-electron chi connectivity index (χ0n) is 16.6. The van der Waals surface area contributed by atoms with Gasteiger partial charge in [-0.05, 0) is 56.7 Å². The third-order valence-electron chi connectivity index (χ3n) is 5.52. The molecule has 0 N–H and O–H groups in total. The van der Waals surface area contributed by atoms with Crippen molar-refractivity contribution in [1.82, 2.24) is 9.88 Å². The molecule has 2 atom stereocenters. The Hall–Kier alpha value is -2.73. The van der Waals surface area contributed by atoms with E-state index < -0.39 is 5.97 Å². The van der Waals surface area contributed by atoms with Crippen LogP contribution >= 0.6 is 11.3 Å². The summed E-state index contributed by atoms with van der Waals surface area (Å²) >= 11 is 1.57. The first-order chi connectivity index (χ1) is 14.0. The molecular formula is C23H24N2O3S. The van der Waals surface area contributed by atoms with Crippen molar-refractivity contribution in [3.05, 3.63) is 53.4 Å². The minimum Gasteiger partial charge on any atom is -0.452 e. The van der Waals surface area contributed by atoms with Crippen molar-refractivity contribution in [2.24, 2.45) is 0 Å². The number of aromatic nitrogens is 1. The molecule has 6 heteroatoms. The van der Waals surface area contributed by atoms with Gasteiger partial charge in [-0.25, -0.2) is 9.78 Å². The third kappa shape index (κ3) is 4.03. The molecule has 29 heavy (non-hydrogen) atoms. The van der Waals surface area contributed by atoms with Crippen LogP contribution in [0, 0.1) is 0 Å². The van der Waals surface area contributed by atoms with E-state index in [0.29, 0.717) is 5.56 Å². The zero-order valence-corrected chi connectivity index (χ0v) is 17.4. The largest absolute Gasteiger partial charge is 0.452 e. The number of piperidine rings is 1. The van der Waals surface area contributed by atoms with Crippen LogP contribution in [0.2, 0.25) is 0 Å². The number of hydrogen-bond donors (Lipinski definition) is 0. The summed E-state index contributed by atoms with van der Waals surface area (Å²) in [6, 6.07) is 13.5. The molecule has 0 radical (unpaired) electrons. The standard InChI is InChI=1S/C23H24N2O3S/c1-15-7-5-8-16(2)25(15)22(26)14-28-23(27)18-13-20(21-11-6-12-29-21)24-19-10-4-3-9-17(18)19/h3-4,6,9-13,15-16H,5,7-8,14H2,1-2H3. The second kappa shape index (κ2) is 8.33. The van der Waals surface area contributed by atoms with E-state index in [4.69, 9.17) is 4.74 Å². The molecule has 1 aromatic carbocycles. The van der Waals surface area contributed by atoms with E-state index in [2.05, 4.69) is 18.8 Å². The molecule has 0 aliphatic carbocycles. The summed E-state index contributed by atoms with van der Waals surface area (Å²) in [5.41, 5.74) is 1.90. The van der Waals surface area contributed by atoms with Gasteiger partial charge in [-0.2, -0.15) is 0 Å². The van der Waals surface area contributed by atoms with Gasteiger partial charge in [0, 0.05) is 17.5 Å². The molecular weight excluding hydrogens is 384 g/mol. The monoisotopic (exact) mass is 408 g/mol. The van der Waals surface area contributed by atoms with Gasteiger partial charge in [-0.15, -0.1) is 11.3 Å². The van der Waals surface area contributed by atoms with E-state index in [1.807, 2.05) is 46.7 Å². The molecule has 0 spiro atoms. The van der Waals surface area contributed by atoms with Gasteiger partial charge < -0.3 is 9.64 Å². The molecule has 1 fully saturated rings. The van der Waals surface area contributed by atoms with Crippen molar-refractivity contribution in [2.75, 3.05) is 6.61 Å². The van der Waals surface area contributed by atoms with Crippen LogP contribution in [0.1, 0.15) is 43.5 Å². The molecule has 1 amide bonds. The molecule has 1 aliphatic rings. The van der Waals surface area contributed by atoms with E-state index in [-0.39, 0.29) is 24.6 Å². The lowest BCUT2D eigenvalue weighted by molar-refractivity contribution is -0.140. The number of benzene rings is 1. The van der Waals surface area contributed by atoms with E-state index >= 15 is 0 Å². The van der Waals surface area contributed by atoms with Crippen LogP contribution in [0.15, 0.2) is 47.8 Å². The molecule has 2 unspecified atom stereocenters. The summed E-state index contributed by atoms with van der Waals surface area (Å²) in [7, 11) is 0. The maximum atomic E-state index is 12.9. The van der Waals surface area contributed by atoms with Gasteiger partial charge in [0.2, 0.25) is 0 Å². The van der Waals surface area contributed by atoms with Crippen molar-refractivity contribution < 1.29 is 14.3 Å². The SMILES string of the molecule is CC1CCCC(C)N1C(=O)COC(=O)c1cc(-c2cccs2)nc2ccccc12. The number of ether oxygens (including phenoxy) is 1. The first-order valence-corrected chi connectivity index (χ1v) is 10.8. The number of carbonyl (C=O) groups excluding carboxylic acids is 2. The quantitative estimate of drug-likeness (QED) is 0.576. The van der Waals surface area contributed by atoms with E-state index in [0.717, 1.165) is 40.7 Å². The summed E-state index contributed by atoms with van der Waals surface area (Å²) in [5.74, 6) is -0.623. The van der Waals surface area contributed by atoms with E-state index in [1.54, 1.807) is 17.4 Å². The highest BCUT2D eigenvalue weighted by atomic mass is 32.1. The molecule has 4 rings (SSSR count). The minimum atomic E-state index is -0.493. The van der Waals surface area contributed by atoms with E-state index in [1.165, 1.54) is 0 Å². The Balaban J connectivity index is 1.57. The van der Waals surface area contributed by atoms with Crippen molar-refractivity contribution in [3.8, 4) is 10.6 Å². The fraction of sp³-hybridized carbons (Fsp3) is 0.348. The fourth-order valence-electron chi connectivity index (χ4n) is 4.09. The summed E-state index contributed by atoms with van der Waals surface area (Å²) in [4.78, 5) is 33.1. The lowest BCUT2D eigenvalue weighted by atomic mass is 9.97. The first kappa shape index (κ1) is 19.6. The predicted molar refractivity (Wildman–Crippen MR) is 115 cm³/mol. The molecule has 0 bridgehead atoms. The average Bonchev–Trinajstić information content (AvgIpc) is 3.26. The number of hydrogen-bond acceptors (Lipinski definition) is 5. The Morgan fingerprint density at radius 2 is 1.90 bits per heavy atom. The van der Waals surface area contributed by atoms with Crippen LogP contribution in [-0.2, 0) is 9.53 Å². The molecule has 0 saturated carbocycles. The van der Waals surface area contributed by atoms with E-state index in [9.17, 15) is 9.59 Å². The summed E-state index contributed by atoms with van der Waals surface area (Å²) in [5, 5.41) is 2.70. The van der Waals surface area contributed by atoms with Crippen molar-refractivity contribution in [1.29, 1.82) is 0 Å². The predicted octanol–water partition coefficient (Wildman–Crippen LogP) is 4.91. The highest BCUT2D eigenvalue weighted by molar-refractivity contribution is 7.13. The number of carbonyl (C=O) groups is 2. The van der Waals surface area contributed by atoms with Crippen LogP contribution in [0.25, 0.3) is 21.5 Å². The molecule has 5 nitrogen and oxygen atoms in total. The van der Waals surface area contributed by atoms with Gasteiger partial charge in [0.25, 0.3) is 5.91 Å². The second-order valence-corrected chi connectivity index (χ2v) is 8.50. The maximum Gasteiger partial charge on any atom is 0.339 e. The molecule has 1 saturated heterocycles. The molecule has 2 aromatic heterocycles. The normalized spacial score (nSPS) is 19.3. The number of nitrogens with zero attached hydrogens (tertiary/aromatic N) is 2. The molecule has 3 heterocycles. The van der Waals surface area contributed by atoms with Gasteiger partial charge in [0.05, 0.1) is 21.7 Å². The summed E-state index contributed by atoms with van der Waals surface area (Å²) in [6.45, 7) is 3.87. The number of pyridine rings is 1. The van der Waals surface area contributed by atoms with Crippen molar-refractivity contribution >= 4 is 34.1 Å². The number of thiophene rings is 1. The smallest absolute Gasteiger partial charge is 0.339 e. The van der Waals surface area contributed by atoms with Crippen LogP contribution in [0.3, 0.4) is 0 Å². The summed E-state index contributed by atoms with van der Waals surface area (Å²) < 4.78 is 5.47. The van der Waals surface area contributed by atoms with Gasteiger partial charge >= 0.3 is 5.97 Å². The number of para-hydroxylation sites is 1. The Kier molecular flexibility index (Phi) is 5.62. The average molecular weight is 409 g/mol. The van der Waals surface area contributed by atoms with Crippen molar-refractivity contribution in [2.45, 2.75) is 45.2 Å². The molecule has 3 aromatic rings. The lowest BCUT2D eigenvalue weighted by Gasteiger charge is -2.38. The van der Waals surface area contributed by atoms with Gasteiger partial charge in [0.1, 0.15) is 0 Å². The van der Waals surface area contributed by atoms with Crippen LogP contribution in [0.4, 0.5) is 0 Å². The highest BCUT2D eigenvalue weighted by Crippen LogP contribution is 2.28. The van der Waals surface area contributed by atoms with Crippen LogP contribution in [0.5, 0.6) is 0 Å². The minimum absolute atomic E-state index is 0.130. The van der Waals surface area contributed by atoms with Gasteiger partial charge in [0.15, 0.2) is 6.61 Å². The second-order valence-electron chi connectivity index (χ2n) is 7.56. The topological polar surface area (TPSA) is 59.5 Å². The Labute approximate surface area is 174 Å². The molecule has 1 aliphatic heterocycles. The lowest BCUT2D eigenvalue weighted by Crippen LogP contribution is -2.49. The van der Waals surface area contributed by atoms with Crippen LogP contribution < -0.4 is 0 Å². The maximum absolute atomic E-state index is 12.9.